The van der Waals surface area contributed by atoms with E-state index >= 15 is 0 Å². The Bertz CT molecular complexity index is 2270. The van der Waals surface area contributed by atoms with Crippen LogP contribution in [0.1, 0.15) is 161 Å². The van der Waals surface area contributed by atoms with Gasteiger partial charge in [-0.25, -0.2) is 0 Å². The quantitative estimate of drug-likeness (QED) is 0.164. The van der Waals surface area contributed by atoms with Gasteiger partial charge in [0.2, 0.25) is 0 Å². The number of ether oxygens (including phenoxy) is 2. The fourth-order valence-corrected chi connectivity index (χ4v) is 24.6. The Balaban J connectivity index is 1.74. The van der Waals surface area contributed by atoms with Crippen molar-refractivity contribution in [1.29, 1.82) is 0 Å². The van der Waals surface area contributed by atoms with Crippen LogP contribution in [-0.4, -0.2) is 30.3 Å². The van der Waals surface area contributed by atoms with Crippen molar-refractivity contribution in [1.82, 2.24) is 0 Å². The second kappa shape index (κ2) is 18.0. The maximum atomic E-state index is 8.18. The molecule has 11 heteroatoms. The minimum Gasteiger partial charge on any atom is -0.518 e. The predicted molar refractivity (Wildman–Crippen MR) is 282 cm³/mol. The largest absolute Gasteiger partial charge is 0.518 e. The SMILES string of the molecule is CC(C)[Si]1(C(C)C)Oc2c3cc(C(C)(C)C)cc2Sc2cc(C(C)(C)C)cc(c2O[Si](C(C)C)(C(C)C)O1)Sc1cc(C(C)(C)C)cc2c1OCCOc1c(cc(C(C)(C)C)cc1S3)S2. The average Bonchev–Trinajstić information content (AvgIpc) is 3.25. The molecule has 65 heavy (non-hydrogen) atoms. The number of hydrogen-bond donors (Lipinski definition) is 0. The maximum Gasteiger partial charge on any atom is 0.396 e. The Kier molecular flexibility index (Phi) is 14.0. The van der Waals surface area contributed by atoms with Crippen LogP contribution in [0, 0.1) is 0 Å². The van der Waals surface area contributed by atoms with Crippen molar-refractivity contribution in [3.63, 3.8) is 0 Å². The van der Waals surface area contributed by atoms with Gasteiger partial charge in [0.15, 0.2) is 0 Å². The maximum absolute atomic E-state index is 8.18. The molecule has 0 radical (unpaired) electrons. The lowest BCUT2D eigenvalue weighted by Gasteiger charge is -2.48. The summed E-state index contributed by atoms with van der Waals surface area (Å²) in [7, 11) is -6.41. The highest BCUT2D eigenvalue weighted by Gasteiger charge is 2.60. The third kappa shape index (κ3) is 10.0. The minimum atomic E-state index is -3.20. The molecule has 3 heterocycles. The molecule has 12 bridgehead atoms. The molecular weight excluding hydrogens is 913 g/mol. The van der Waals surface area contributed by atoms with E-state index in [0.29, 0.717) is 13.2 Å². The first kappa shape index (κ1) is 50.7. The summed E-state index contributed by atoms with van der Waals surface area (Å²) < 4.78 is 38.2. The van der Waals surface area contributed by atoms with E-state index < -0.39 is 17.1 Å². The fraction of sp³-hybridized carbons (Fsp3) is 0.556. The van der Waals surface area contributed by atoms with E-state index in [9.17, 15) is 0 Å². The molecule has 354 valence electrons. The average molecular weight is 990 g/mol. The van der Waals surface area contributed by atoms with Crippen LogP contribution in [0.15, 0.2) is 87.7 Å². The molecule has 4 aromatic rings. The van der Waals surface area contributed by atoms with Crippen molar-refractivity contribution in [3.05, 3.63) is 70.8 Å². The molecule has 0 aromatic heterocycles. The van der Waals surface area contributed by atoms with Gasteiger partial charge in [-0.05, 0) is 92.4 Å². The van der Waals surface area contributed by atoms with E-state index in [1.165, 1.54) is 22.3 Å². The molecule has 5 nitrogen and oxygen atoms in total. The second-order valence-electron chi connectivity index (χ2n) is 23.7. The van der Waals surface area contributed by atoms with Gasteiger partial charge in [-0.2, -0.15) is 0 Å². The Morgan fingerprint density at radius 2 is 0.554 bits per heavy atom. The molecular formula is C54H76O5S4Si2. The minimum absolute atomic E-state index is 0.119. The van der Waals surface area contributed by atoms with E-state index in [4.69, 9.17) is 22.4 Å². The summed E-state index contributed by atoms with van der Waals surface area (Å²) in [5, 5.41) is 0. The summed E-state index contributed by atoms with van der Waals surface area (Å²) in [4.78, 5) is 8.66. The summed E-state index contributed by atoms with van der Waals surface area (Å²) in [6.07, 6.45) is 0. The lowest BCUT2D eigenvalue weighted by atomic mass is 9.87. The highest BCUT2D eigenvalue weighted by Crippen LogP contribution is 2.59. The van der Waals surface area contributed by atoms with Gasteiger partial charge in [0.05, 0.1) is 39.2 Å². The van der Waals surface area contributed by atoms with Gasteiger partial charge in [-0.3, -0.25) is 0 Å². The molecule has 0 N–H and O–H groups in total. The first-order chi connectivity index (χ1) is 29.9. The van der Waals surface area contributed by atoms with Crippen molar-refractivity contribution in [2.75, 3.05) is 13.2 Å². The van der Waals surface area contributed by atoms with Crippen molar-refractivity contribution in [2.24, 2.45) is 0 Å². The monoisotopic (exact) mass is 988 g/mol. The topological polar surface area (TPSA) is 46.2 Å². The fourth-order valence-electron chi connectivity index (χ4n) is 8.78. The Morgan fingerprint density at radius 1 is 0.354 bits per heavy atom. The zero-order valence-electron chi connectivity index (χ0n) is 43.0. The molecule has 4 aromatic carbocycles. The Hall–Kier alpha value is -2.13. The van der Waals surface area contributed by atoms with Crippen molar-refractivity contribution in [2.45, 2.75) is 221 Å². The normalized spacial score (nSPS) is 17.5. The predicted octanol–water partition coefficient (Wildman–Crippen LogP) is 17.9. The number of rotatable bonds is 4. The van der Waals surface area contributed by atoms with Gasteiger partial charge in [0.1, 0.15) is 36.2 Å². The van der Waals surface area contributed by atoms with Crippen LogP contribution in [0.25, 0.3) is 0 Å². The van der Waals surface area contributed by atoms with E-state index in [-0.39, 0.29) is 43.8 Å². The highest BCUT2D eigenvalue weighted by molar-refractivity contribution is 8.01. The van der Waals surface area contributed by atoms with Crippen molar-refractivity contribution < 1.29 is 22.4 Å². The third-order valence-corrected chi connectivity index (χ3v) is 27.3. The van der Waals surface area contributed by atoms with Crippen molar-refractivity contribution in [3.8, 4) is 23.0 Å². The van der Waals surface area contributed by atoms with Crippen LogP contribution in [0.5, 0.6) is 23.0 Å². The lowest BCUT2D eigenvalue weighted by molar-refractivity contribution is 0.206. The molecule has 0 amide bonds. The van der Waals surface area contributed by atoms with Crippen LogP contribution in [0.4, 0.5) is 0 Å². The molecule has 3 aliphatic rings. The molecule has 7 rings (SSSR count). The number of hydrogen-bond acceptors (Lipinski definition) is 9. The second-order valence-corrected chi connectivity index (χ2v) is 36.7. The Labute approximate surface area is 412 Å². The summed E-state index contributed by atoms with van der Waals surface area (Å²) in [6, 6.07) is 19.1. The first-order valence-electron chi connectivity index (χ1n) is 23.7. The highest BCUT2D eigenvalue weighted by atomic mass is 32.2. The van der Waals surface area contributed by atoms with Gasteiger partial charge < -0.3 is 22.4 Å². The van der Waals surface area contributed by atoms with Crippen LogP contribution >= 0.6 is 47.0 Å². The molecule has 0 atom stereocenters. The summed E-state index contributed by atoms with van der Waals surface area (Å²) in [5.41, 5.74) is 4.92. The summed E-state index contributed by atoms with van der Waals surface area (Å²) in [5.74, 6) is 3.60. The molecule has 0 spiro atoms. The molecule has 0 saturated carbocycles. The van der Waals surface area contributed by atoms with Gasteiger partial charge in [0, 0.05) is 22.2 Å². The van der Waals surface area contributed by atoms with Crippen molar-refractivity contribution >= 4 is 64.2 Å². The summed E-state index contributed by atoms with van der Waals surface area (Å²) in [6.45, 7) is 47.1. The van der Waals surface area contributed by atoms with Gasteiger partial charge in [-0.1, -0.05) is 186 Å². The van der Waals surface area contributed by atoms with Gasteiger partial charge >= 0.3 is 17.1 Å². The first-order valence-corrected chi connectivity index (χ1v) is 30.9. The molecule has 0 fully saturated rings. The van der Waals surface area contributed by atoms with E-state index in [1.807, 2.05) is 0 Å². The zero-order valence-corrected chi connectivity index (χ0v) is 48.3. The molecule has 0 unspecified atom stereocenters. The van der Waals surface area contributed by atoms with Crippen LogP contribution in [-0.2, 0) is 25.8 Å². The molecule has 0 saturated heterocycles. The van der Waals surface area contributed by atoms with Crippen LogP contribution in [0.2, 0.25) is 22.2 Å². The summed E-state index contributed by atoms with van der Waals surface area (Å²) >= 11 is 7.14. The van der Waals surface area contributed by atoms with Gasteiger partial charge in [0.25, 0.3) is 0 Å². The molecule has 3 aliphatic heterocycles. The van der Waals surface area contributed by atoms with E-state index in [0.717, 1.165) is 62.2 Å². The third-order valence-electron chi connectivity index (χ3n) is 13.1. The lowest BCUT2D eigenvalue weighted by Crippen LogP contribution is -2.64. The molecule has 0 aliphatic carbocycles. The zero-order chi connectivity index (χ0) is 48.0. The smallest absolute Gasteiger partial charge is 0.396 e. The van der Waals surface area contributed by atoms with Crippen LogP contribution < -0.4 is 18.3 Å². The standard InChI is InChI=1S/C54H76O5S4Si2/c1-31(2)64(32(3)4)57-49-43-27-37(53(15,16)17)29-45(49)63-46-30-38(54(18,19)20)28-44(50(46)58-65(59-64,33(5)6)34(7)8)62-42-26-36(52(12,13)14)24-40-48(42)56-22-21-55-47-39(60-40)23-35(51(9,10)11)25-41(47)61-43/h23-34H,21-22H2,1-20H3. The van der Waals surface area contributed by atoms with E-state index in [2.05, 4.69) is 187 Å². The Morgan fingerprint density at radius 3 is 0.738 bits per heavy atom. The van der Waals surface area contributed by atoms with E-state index in [1.54, 1.807) is 47.0 Å². The van der Waals surface area contributed by atoms with Gasteiger partial charge in [-0.15, -0.1) is 0 Å². The number of benzene rings is 4. The van der Waals surface area contributed by atoms with Crippen LogP contribution in [0.3, 0.4) is 0 Å².